The Morgan fingerprint density at radius 3 is 2.18 bits per heavy atom. The van der Waals surface area contributed by atoms with Crippen molar-refractivity contribution in [3.63, 3.8) is 0 Å². The smallest absolute Gasteiger partial charge is 0.326 e. The fourth-order valence-electron chi connectivity index (χ4n) is 2.45. The molecule has 0 saturated heterocycles. The summed E-state index contributed by atoms with van der Waals surface area (Å²) in [6.07, 6.45) is 0.619. The molecule has 1 aromatic carbocycles. The van der Waals surface area contributed by atoms with Gasteiger partial charge in [0.05, 0.1) is 19.1 Å². The Balaban J connectivity index is 2.38. The van der Waals surface area contributed by atoms with Crippen LogP contribution in [0.2, 0.25) is 0 Å². The standard InChI is InChI=1S/C19H28N4O5/c1-12(2)8-14(20)18(26)22-10-16(24)21-11-17(25)23-15(19(27)28)9-13-6-4-3-5-7-13/h3-7,12,14-15H,8-11,20H2,1-2H3,(H,21,24)(H,22,26)(H,23,25)(H,27,28). The number of benzene rings is 1. The maximum absolute atomic E-state index is 11.9. The average Bonchev–Trinajstić information content (AvgIpc) is 2.64. The highest BCUT2D eigenvalue weighted by molar-refractivity contribution is 5.90. The van der Waals surface area contributed by atoms with Crippen LogP contribution in [0.3, 0.4) is 0 Å². The van der Waals surface area contributed by atoms with Crippen LogP contribution < -0.4 is 21.7 Å². The first kappa shape index (κ1) is 23.1. The molecule has 0 bridgehead atoms. The molecule has 154 valence electrons. The van der Waals surface area contributed by atoms with Gasteiger partial charge < -0.3 is 26.8 Å². The lowest BCUT2D eigenvalue weighted by molar-refractivity contribution is -0.141. The van der Waals surface area contributed by atoms with E-state index in [2.05, 4.69) is 16.0 Å². The summed E-state index contributed by atoms with van der Waals surface area (Å²) in [7, 11) is 0. The number of rotatable bonds is 11. The van der Waals surface area contributed by atoms with Crippen LogP contribution in [0.25, 0.3) is 0 Å². The molecule has 0 spiro atoms. The fourth-order valence-corrected chi connectivity index (χ4v) is 2.45. The molecule has 0 saturated carbocycles. The van der Waals surface area contributed by atoms with E-state index in [-0.39, 0.29) is 18.9 Å². The van der Waals surface area contributed by atoms with E-state index in [1.807, 2.05) is 19.9 Å². The van der Waals surface area contributed by atoms with E-state index >= 15 is 0 Å². The van der Waals surface area contributed by atoms with E-state index in [4.69, 9.17) is 5.73 Å². The van der Waals surface area contributed by atoms with Gasteiger partial charge in [-0.3, -0.25) is 14.4 Å². The second kappa shape index (κ2) is 11.7. The van der Waals surface area contributed by atoms with E-state index in [0.717, 1.165) is 5.56 Å². The predicted octanol–water partition coefficient (Wildman–Crippen LogP) is -0.596. The summed E-state index contributed by atoms with van der Waals surface area (Å²) < 4.78 is 0. The minimum Gasteiger partial charge on any atom is -0.480 e. The lowest BCUT2D eigenvalue weighted by atomic mass is 10.0. The fraction of sp³-hybridized carbons (Fsp3) is 0.474. The summed E-state index contributed by atoms with van der Waals surface area (Å²) in [5.41, 5.74) is 6.47. The monoisotopic (exact) mass is 392 g/mol. The molecule has 0 radical (unpaired) electrons. The SMILES string of the molecule is CC(C)CC(N)C(=O)NCC(=O)NCC(=O)NC(Cc1ccccc1)C(=O)O. The van der Waals surface area contributed by atoms with Crippen LogP contribution in [0.5, 0.6) is 0 Å². The maximum atomic E-state index is 11.9. The number of hydrogen-bond acceptors (Lipinski definition) is 5. The number of nitrogens with one attached hydrogen (secondary N) is 3. The third-order valence-corrected chi connectivity index (χ3v) is 3.85. The van der Waals surface area contributed by atoms with Crippen molar-refractivity contribution in [3.8, 4) is 0 Å². The minimum atomic E-state index is -1.17. The average molecular weight is 392 g/mol. The molecule has 2 atom stereocenters. The Kier molecular flexibility index (Phi) is 9.66. The zero-order valence-corrected chi connectivity index (χ0v) is 16.1. The van der Waals surface area contributed by atoms with Gasteiger partial charge in [0.15, 0.2) is 0 Å². The second-order valence-corrected chi connectivity index (χ2v) is 6.88. The third kappa shape index (κ3) is 9.13. The predicted molar refractivity (Wildman–Crippen MR) is 103 cm³/mol. The molecule has 28 heavy (non-hydrogen) atoms. The summed E-state index contributed by atoms with van der Waals surface area (Å²) in [4.78, 5) is 46.8. The van der Waals surface area contributed by atoms with Crippen molar-refractivity contribution in [1.82, 2.24) is 16.0 Å². The molecule has 0 aliphatic rings. The summed E-state index contributed by atoms with van der Waals surface area (Å²) in [6, 6.07) is 7.07. The van der Waals surface area contributed by atoms with Crippen LogP contribution in [0.15, 0.2) is 30.3 Å². The van der Waals surface area contributed by atoms with Crippen molar-refractivity contribution in [2.45, 2.75) is 38.8 Å². The highest BCUT2D eigenvalue weighted by atomic mass is 16.4. The summed E-state index contributed by atoms with van der Waals surface area (Å²) in [5.74, 6) is -2.58. The number of carboxylic acids is 1. The number of nitrogens with two attached hydrogens (primary N) is 1. The van der Waals surface area contributed by atoms with Crippen LogP contribution in [-0.2, 0) is 25.6 Å². The number of amides is 3. The summed E-state index contributed by atoms with van der Waals surface area (Å²) >= 11 is 0. The molecular formula is C19H28N4O5. The van der Waals surface area contributed by atoms with E-state index in [0.29, 0.717) is 6.42 Å². The topological polar surface area (TPSA) is 151 Å². The molecule has 0 heterocycles. The van der Waals surface area contributed by atoms with Crippen molar-refractivity contribution in [2.24, 2.45) is 11.7 Å². The second-order valence-electron chi connectivity index (χ2n) is 6.88. The molecule has 0 aliphatic heterocycles. The first-order chi connectivity index (χ1) is 13.2. The number of aliphatic carboxylic acids is 1. The first-order valence-electron chi connectivity index (χ1n) is 9.05. The van der Waals surface area contributed by atoms with Crippen molar-refractivity contribution in [3.05, 3.63) is 35.9 Å². The molecule has 0 fully saturated rings. The van der Waals surface area contributed by atoms with Crippen molar-refractivity contribution < 1.29 is 24.3 Å². The summed E-state index contributed by atoms with van der Waals surface area (Å²) in [5, 5.41) is 16.4. The first-order valence-corrected chi connectivity index (χ1v) is 9.05. The van der Waals surface area contributed by atoms with Gasteiger partial charge in [0.1, 0.15) is 6.04 Å². The maximum Gasteiger partial charge on any atom is 0.326 e. The molecule has 0 aromatic heterocycles. The van der Waals surface area contributed by atoms with Crippen LogP contribution in [0.1, 0.15) is 25.8 Å². The highest BCUT2D eigenvalue weighted by Crippen LogP contribution is 2.03. The quantitative estimate of drug-likeness (QED) is 0.339. The zero-order valence-electron chi connectivity index (χ0n) is 16.1. The van der Waals surface area contributed by atoms with Crippen LogP contribution in [-0.4, -0.2) is 54.0 Å². The van der Waals surface area contributed by atoms with Gasteiger partial charge in [-0.25, -0.2) is 4.79 Å². The number of carbonyl (C=O) groups excluding carboxylic acids is 3. The van der Waals surface area contributed by atoms with Crippen LogP contribution in [0, 0.1) is 5.92 Å². The Labute approximate surface area is 164 Å². The molecular weight excluding hydrogens is 364 g/mol. The van der Waals surface area contributed by atoms with Gasteiger partial charge >= 0.3 is 5.97 Å². The van der Waals surface area contributed by atoms with Crippen molar-refractivity contribution >= 4 is 23.7 Å². The van der Waals surface area contributed by atoms with Crippen LogP contribution in [0.4, 0.5) is 0 Å². The Morgan fingerprint density at radius 2 is 1.61 bits per heavy atom. The zero-order chi connectivity index (χ0) is 21.1. The number of hydrogen-bond donors (Lipinski definition) is 5. The molecule has 6 N–H and O–H groups in total. The molecule has 1 rings (SSSR count). The molecule has 3 amide bonds. The molecule has 2 unspecified atom stereocenters. The minimum absolute atomic E-state index is 0.125. The van der Waals surface area contributed by atoms with Crippen molar-refractivity contribution in [2.75, 3.05) is 13.1 Å². The largest absolute Gasteiger partial charge is 0.480 e. The van der Waals surface area contributed by atoms with Gasteiger partial charge in [-0.2, -0.15) is 0 Å². The van der Waals surface area contributed by atoms with E-state index < -0.39 is 42.3 Å². The van der Waals surface area contributed by atoms with Gasteiger partial charge in [-0.05, 0) is 17.9 Å². The lowest BCUT2D eigenvalue weighted by Crippen LogP contribution is -2.49. The van der Waals surface area contributed by atoms with Gasteiger partial charge in [-0.1, -0.05) is 44.2 Å². The lowest BCUT2D eigenvalue weighted by Gasteiger charge is -2.16. The number of carbonyl (C=O) groups is 4. The Bertz CT molecular complexity index is 678. The van der Waals surface area contributed by atoms with E-state index in [9.17, 15) is 24.3 Å². The van der Waals surface area contributed by atoms with E-state index in [1.165, 1.54) is 0 Å². The van der Waals surface area contributed by atoms with Gasteiger partial charge in [0, 0.05) is 6.42 Å². The molecule has 1 aromatic rings. The normalized spacial score (nSPS) is 12.7. The Morgan fingerprint density at radius 1 is 1.00 bits per heavy atom. The third-order valence-electron chi connectivity index (χ3n) is 3.85. The molecule has 9 nitrogen and oxygen atoms in total. The van der Waals surface area contributed by atoms with E-state index in [1.54, 1.807) is 24.3 Å². The highest BCUT2D eigenvalue weighted by Gasteiger charge is 2.21. The summed E-state index contributed by atoms with van der Waals surface area (Å²) in [6.45, 7) is 3.15. The molecule has 0 aliphatic carbocycles. The van der Waals surface area contributed by atoms with Gasteiger partial charge in [0.2, 0.25) is 17.7 Å². The van der Waals surface area contributed by atoms with Crippen LogP contribution >= 0.6 is 0 Å². The van der Waals surface area contributed by atoms with Gasteiger partial charge in [-0.15, -0.1) is 0 Å². The van der Waals surface area contributed by atoms with Gasteiger partial charge in [0.25, 0.3) is 0 Å². The Hall–Kier alpha value is -2.94. The van der Waals surface area contributed by atoms with Crippen molar-refractivity contribution in [1.29, 1.82) is 0 Å². The molecule has 9 heteroatoms. The number of carboxylic acid groups (broad SMARTS) is 1.